The number of aryl methyl sites for hydroxylation is 1. The second-order valence-corrected chi connectivity index (χ2v) is 8.52. The number of hydrogen-bond acceptors (Lipinski definition) is 7. The van der Waals surface area contributed by atoms with Crippen LogP contribution in [0.15, 0.2) is 24.3 Å². The Bertz CT molecular complexity index is 926. The number of unbranched alkanes of at least 4 members (excludes halogenated alkanes) is 2. The third kappa shape index (κ3) is 9.81. The van der Waals surface area contributed by atoms with Gasteiger partial charge in [-0.25, -0.2) is 9.97 Å². The summed E-state index contributed by atoms with van der Waals surface area (Å²) in [5.74, 6) is -0.449. The lowest BCUT2D eigenvalue weighted by Crippen LogP contribution is -2.34. The number of carbonyl (C=O) groups excluding carboxylic acids is 2. The molecule has 0 aliphatic rings. The predicted molar refractivity (Wildman–Crippen MR) is 132 cm³/mol. The highest BCUT2D eigenvalue weighted by atomic mass is 35.5. The molecule has 0 aliphatic carbocycles. The summed E-state index contributed by atoms with van der Waals surface area (Å²) >= 11 is 11.7. The van der Waals surface area contributed by atoms with Crippen LogP contribution in [-0.4, -0.2) is 59.9 Å². The van der Waals surface area contributed by atoms with E-state index in [2.05, 4.69) is 25.5 Å². The molecule has 1 aromatic carbocycles. The Morgan fingerprint density at radius 3 is 2.39 bits per heavy atom. The van der Waals surface area contributed by atoms with Crippen molar-refractivity contribution in [1.82, 2.24) is 25.5 Å². The Morgan fingerprint density at radius 2 is 1.67 bits per heavy atom. The second kappa shape index (κ2) is 13.8. The Hall–Kier alpha value is -2.62. The first-order chi connectivity index (χ1) is 15.8. The fourth-order valence-electron chi connectivity index (χ4n) is 3.07. The van der Waals surface area contributed by atoms with Crippen molar-refractivity contribution in [2.45, 2.75) is 32.1 Å². The molecule has 6 N–H and O–H groups in total. The molecule has 9 nitrogen and oxygen atoms in total. The molecule has 33 heavy (non-hydrogen) atoms. The third-order valence-corrected chi connectivity index (χ3v) is 5.52. The van der Waals surface area contributed by atoms with Crippen LogP contribution in [0.2, 0.25) is 10.2 Å². The first kappa shape index (κ1) is 26.6. The Kier molecular flexibility index (Phi) is 11.2. The van der Waals surface area contributed by atoms with Crippen molar-refractivity contribution >= 4 is 46.7 Å². The maximum atomic E-state index is 12.2. The van der Waals surface area contributed by atoms with Gasteiger partial charge in [0.1, 0.15) is 0 Å². The number of amides is 2. The zero-order valence-corrected chi connectivity index (χ0v) is 20.3. The highest BCUT2D eigenvalue weighted by molar-refractivity contribution is 6.31. The number of halogens is 2. The first-order valence-corrected chi connectivity index (χ1v) is 11.6. The molecular weight excluding hydrogens is 465 g/mol. The highest BCUT2D eigenvalue weighted by Crippen LogP contribution is 2.17. The minimum Gasteiger partial charge on any atom is -0.382 e. The molecule has 0 spiro atoms. The Morgan fingerprint density at radius 1 is 0.939 bits per heavy atom. The van der Waals surface area contributed by atoms with Gasteiger partial charge in [0.05, 0.1) is 0 Å². The molecule has 0 aliphatic heterocycles. The van der Waals surface area contributed by atoms with Gasteiger partial charge in [-0.3, -0.25) is 9.59 Å². The molecule has 0 saturated heterocycles. The van der Waals surface area contributed by atoms with E-state index < -0.39 is 5.91 Å². The maximum Gasteiger partial charge on any atom is 0.273 e. The van der Waals surface area contributed by atoms with E-state index in [4.69, 9.17) is 34.7 Å². The molecule has 0 fully saturated rings. The summed E-state index contributed by atoms with van der Waals surface area (Å²) < 4.78 is 0. The van der Waals surface area contributed by atoms with Crippen molar-refractivity contribution in [2.24, 2.45) is 0 Å². The third-order valence-electron chi connectivity index (χ3n) is 4.99. The van der Waals surface area contributed by atoms with E-state index in [1.165, 1.54) is 0 Å². The Balaban J connectivity index is 1.51. The number of carbonyl (C=O) groups is 2. The van der Waals surface area contributed by atoms with Crippen LogP contribution < -0.4 is 22.1 Å². The minimum absolute atomic E-state index is 0.0112. The number of rotatable bonds is 13. The largest absolute Gasteiger partial charge is 0.382 e. The van der Waals surface area contributed by atoms with Crippen LogP contribution in [0.4, 0.5) is 11.6 Å². The number of benzene rings is 1. The molecule has 0 unspecified atom stereocenters. The van der Waals surface area contributed by atoms with Crippen molar-refractivity contribution in [3.63, 3.8) is 0 Å². The van der Waals surface area contributed by atoms with Crippen LogP contribution in [0, 0.1) is 0 Å². The van der Waals surface area contributed by atoms with Gasteiger partial charge in [0.2, 0.25) is 5.91 Å². The average Bonchev–Trinajstić information content (AvgIpc) is 2.78. The van der Waals surface area contributed by atoms with E-state index >= 15 is 0 Å². The van der Waals surface area contributed by atoms with Crippen molar-refractivity contribution in [3.8, 4) is 0 Å². The van der Waals surface area contributed by atoms with Gasteiger partial charge in [0, 0.05) is 31.1 Å². The van der Waals surface area contributed by atoms with Gasteiger partial charge in [0.15, 0.2) is 22.5 Å². The summed E-state index contributed by atoms with van der Waals surface area (Å²) in [6.07, 6.45) is 4.10. The molecule has 11 heteroatoms. The van der Waals surface area contributed by atoms with Gasteiger partial charge in [0.25, 0.3) is 5.91 Å². The first-order valence-electron chi connectivity index (χ1n) is 10.8. The number of hydrogen-bond donors (Lipinski definition) is 4. The summed E-state index contributed by atoms with van der Waals surface area (Å²) in [6, 6.07) is 7.55. The smallest absolute Gasteiger partial charge is 0.273 e. The van der Waals surface area contributed by atoms with Gasteiger partial charge in [-0.05, 0) is 50.6 Å². The van der Waals surface area contributed by atoms with Crippen LogP contribution in [0.1, 0.15) is 41.7 Å². The second-order valence-electron chi connectivity index (χ2n) is 7.73. The summed E-state index contributed by atoms with van der Waals surface area (Å²) in [5, 5.41) is 6.36. The van der Waals surface area contributed by atoms with E-state index in [1.807, 2.05) is 31.3 Å². The summed E-state index contributed by atoms with van der Waals surface area (Å²) in [7, 11) is 1.99. The molecular formula is C22H31Cl2N7O2. The minimum atomic E-state index is -0.442. The molecule has 2 amide bonds. The number of likely N-dealkylation sites (N-methyl/N-ethyl adjacent to an activating group) is 1. The van der Waals surface area contributed by atoms with Crippen LogP contribution in [0.3, 0.4) is 0 Å². The molecule has 0 bridgehead atoms. The zero-order chi connectivity index (χ0) is 24.2. The normalized spacial score (nSPS) is 10.9. The lowest BCUT2D eigenvalue weighted by molar-refractivity contribution is -0.121. The topological polar surface area (TPSA) is 139 Å². The van der Waals surface area contributed by atoms with E-state index in [9.17, 15) is 9.59 Å². The molecule has 2 rings (SSSR count). The van der Waals surface area contributed by atoms with Gasteiger partial charge in [-0.15, -0.1) is 0 Å². The Labute approximate surface area is 204 Å². The van der Waals surface area contributed by atoms with Crippen LogP contribution >= 0.6 is 23.2 Å². The molecule has 2 aromatic rings. The number of nitrogens with zero attached hydrogens (tertiary/aromatic N) is 3. The van der Waals surface area contributed by atoms with Crippen LogP contribution in [-0.2, 0) is 11.2 Å². The lowest BCUT2D eigenvalue weighted by Gasteiger charge is -2.17. The van der Waals surface area contributed by atoms with E-state index in [-0.39, 0.29) is 28.4 Å². The maximum absolute atomic E-state index is 12.2. The number of anilines is 2. The SMILES string of the molecule is CN(CCCCCNC(=O)CCc1ccc(Cl)cc1)CCNC(=O)c1nc(Cl)c(N)nc1N. The van der Waals surface area contributed by atoms with Crippen LogP contribution in [0.25, 0.3) is 0 Å². The monoisotopic (exact) mass is 495 g/mol. The number of nitrogens with one attached hydrogen (secondary N) is 2. The van der Waals surface area contributed by atoms with Crippen molar-refractivity contribution in [1.29, 1.82) is 0 Å². The lowest BCUT2D eigenvalue weighted by atomic mass is 10.1. The van der Waals surface area contributed by atoms with Crippen LogP contribution in [0.5, 0.6) is 0 Å². The van der Waals surface area contributed by atoms with E-state index in [0.717, 1.165) is 31.4 Å². The number of aromatic nitrogens is 2. The molecule has 0 saturated carbocycles. The van der Waals surface area contributed by atoms with Gasteiger partial charge < -0.3 is 27.0 Å². The number of nitrogens with two attached hydrogens (primary N) is 2. The molecule has 180 valence electrons. The zero-order valence-electron chi connectivity index (χ0n) is 18.7. The van der Waals surface area contributed by atoms with Crippen molar-refractivity contribution < 1.29 is 9.59 Å². The summed E-state index contributed by atoms with van der Waals surface area (Å²) in [5.41, 5.74) is 12.3. The standard InChI is InChI=1S/C22H31Cl2N7O2/c1-31(14-12-28-22(33)18-20(25)30-21(26)19(24)29-18)13-4-2-3-11-27-17(32)10-7-15-5-8-16(23)9-6-15/h5-6,8-9H,2-4,7,10-14H2,1H3,(H,27,32)(H,28,33)(H4,25,26,30). The molecule has 0 radical (unpaired) electrons. The van der Waals surface area contributed by atoms with Crippen molar-refractivity contribution in [2.75, 3.05) is 44.7 Å². The molecule has 1 heterocycles. The number of nitrogen functional groups attached to an aromatic ring is 2. The van der Waals surface area contributed by atoms with E-state index in [0.29, 0.717) is 37.5 Å². The fourth-order valence-corrected chi connectivity index (χ4v) is 3.33. The van der Waals surface area contributed by atoms with Crippen molar-refractivity contribution in [3.05, 3.63) is 45.7 Å². The quantitative estimate of drug-likeness (QED) is 0.313. The van der Waals surface area contributed by atoms with Gasteiger partial charge in [-0.2, -0.15) is 0 Å². The van der Waals surface area contributed by atoms with Gasteiger partial charge >= 0.3 is 0 Å². The summed E-state index contributed by atoms with van der Waals surface area (Å²) in [6.45, 7) is 2.66. The fraction of sp³-hybridized carbons (Fsp3) is 0.455. The molecule has 1 aromatic heterocycles. The summed E-state index contributed by atoms with van der Waals surface area (Å²) in [4.78, 5) is 33.9. The predicted octanol–water partition coefficient (Wildman–Crippen LogP) is 2.53. The molecule has 0 atom stereocenters. The highest BCUT2D eigenvalue weighted by Gasteiger charge is 2.15. The van der Waals surface area contributed by atoms with Gasteiger partial charge in [-0.1, -0.05) is 41.8 Å². The average molecular weight is 496 g/mol. The van der Waals surface area contributed by atoms with E-state index in [1.54, 1.807) is 0 Å².